The third kappa shape index (κ3) is 3.78. The van der Waals surface area contributed by atoms with E-state index in [1.54, 1.807) is 0 Å². The summed E-state index contributed by atoms with van der Waals surface area (Å²) in [5.74, 6) is 0. The number of halogens is 1. The molecule has 3 heteroatoms. The molecular weight excluding hydrogens is 222 g/mol. The normalized spacial score (nSPS) is 14.8. The highest BCUT2D eigenvalue weighted by Crippen LogP contribution is 2.19. The lowest BCUT2D eigenvalue weighted by Gasteiger charge is -2.23. The SMILES string of the molecule is CCC(N[C@@H](CC)CO)c1ccc(Cl)cc1. The van der Waals surface area contributed by atoms with Gasteiger partial charge in [0, 0.05) is 17.1 Å². The van der Waals surface area contributed by atoms with Crippen molar-refractivity contribution >= 4 is 11.6 Å². The first-order valence-corrected chi connectivity index (χ1v) is 6.21. The molecule has 0 spiro atoms. The third-order valence-corrected chi connectivity index (χ3v) is 3.08. The zero-order valence-corrected chi connectivity index (χ0v) is 10.7. The van der Waals surface area contributed by atoms with Crippen molar-refractivity contribution in [2.75, 3.05) is 6.61 Å². The van der Waals surface area contributed by atoms with Crippen LogP contribution >= 0.6 is 11.6 Å². The van der Waals surface area contributed by atoms with Gasteiger partial charge in [-0.3, -0.25) is 0 Å². The van der Waals surface area contributed by atoms with Gasteiger partial charge in [-0.15, -0.1) is 0 Å². The second-order valence-corrected chi connectivity index (χ2v) is 4.40. The number of benzene rings is 1. The molecule has 90 valence electrons. The molecule has 0 aliphatic carbocycles. The van der Waals surface area contributed by atoms with E-state index in [-0.39, 0.29) is 18.7 Å². The van der Waals surface area contributed by atoms with Crippen LogP contribution in [0.3, 0.4) is 0 Å². The van der Waals surface area contributed by atoms with E-state index >= 15 is 0 Å². The van der Waals surface area contributed by atoms with E-state index in [0.717, 1.165) is 17.9 Å². The van der Waals surface area contributed by atoms with Crippen LogP contribution < -0.4 is 5.32 Å². The van der Waals surface area contributed by atoms with E-state index in [1.165, 1.54) is 5.56 Å². The van der Waals surface area contributed by atoms with Gasteiger partial charge in [0.05, 0.1) is 6.61 Å². The van der Waals surface area contributed by atoms with Crippen molar-refractivity contribution in [2.24, 2.45) is 0 Å². The minimum atomic E-state index is 0.167. The summed E-state index contributed by atoms with van der Waals surface area (Å²) in [6.45, 7) is 4.39. The highest BCUT2D eigenvalue weighted by atomic mass is 35.5. The van der Waals surface area contributed by atoms with Crippen molar-refractivity contribution in [2.45, 2.75) is 38.8 Å². The molecule has 0 saturated carbocycles. The molecule has 0 saturated heterocycles. The fourth-order valence-corrected chi connectivity index (χ4v) is 1.86. The monoisotopic (exact) mass is 241 g/mol. The van der Waals surface area contributed by atoms with Crippen LogP contribution in [0.2, 0.25) is 5.02 Å². The van der Waals surface area contributed by atoms with Crippen LogP contribution in [-0.4, -0.2) is 17.8 Å². The van der Waals surface area contributed by atoms with E-state index in [2.05, 4.69) is 19.2 Å². The van der Waals surface area contributed by atoms with Gasteiger partial charge < -0.3 is 10.4 Å². The van der Waals surface area contributed by atoms with Gasteiger partial charge in [0.15, 0.2) is 0 Å². The van der Waals surface area contributed by atoms with Gasteiger partial charge in [0.2, 0.25) is 0 Å². The Morgan fingerprint density at radius 2 is 1.81 bits per heavy atom. The quantitative estimate of drug-likeness (QED) is 0.802. The van der Waals surface area contributed by atoms with E-state index in [4.69, 9.17) is 11.6 Å². The van der Waals surface area contributed by atoms with Crippen LogP contribution in [0.1, 0.15) is 38.3 Å². The Balaban J connectivity index is 2.70. The van der Waals surface area contributed by atoms with Crippen molar-refractivity contribution in [1.82, 2.24) is 5.32 Å². The Labute approximate surface area is 103 Å². The van der Waals surface area contributed by atoms with Crippen molar-refractivity contribution in [3.05, 3.63) is 34.9 Å². The van der Waals surface area contributed by atoms with Gasteiger partial charge in [-0.05, 0) is 30.5 Å². The highest BCUT2D eigenvalue weighted by molar-refractivity contribution is 6.30. The Morgan fingerprint density at radius 1 is 1.19 bits per heavy atom. The van der Waals surface area contributed by atoms with Crippen molar-refractivity contribution in [1.29, 1.82) is 0 Å². The summed E-state index contributed by atoms with van der Waals surface area (Å²) in [5, 5.41) is 13.4. The Bertz CT molecular complexity index is 295. The fourth-order valence-electron chi connectivity index (χ4n) is 1.73. The molecule has 0 aliphatic rings. The molecule has 0 amide bonds. The van der Waals surface area contributed by atoms with Crippen molar-refractivity contribution in [3.63, 3.8) is 0 Å². The van der Waals surface area contributed by atoms with Gasteiger partial charge in [0.25, 0.3) is 0 Å². The zero-order valence-electron chi connectivity index (χ0n) is 9.91. The first kappa shape index (κ1) is 13.5. The maximum atomic E-state index is 9.18. The van der Waals surface area contributed by atoms with Crippen LogP contribution in [0.5, 0.6) is 0 Å². The van der Waals surface area contributed by atoms with Crippen molar-refractivity contribution < 1.29 is 5.11 Å². The van der Waals surface area contributed by atoms with Gasteiger partial charge >= 0.3 is 0 Å². The number of aliphatic hydroxyl groups excluding tert-OH is 1. The molecule has 0 bridgehead atoms. The molecule has 0 aliphatic heterocycles. The molecule has 2 nitrogen and oxygen atoms in total. The molecule has 1 aromatic carbocycles. The number of aliphatic hydroxyl groups is 1. The molecule has 0 heterocycles. The van der Waals surface area contributed by atoms with E-state index < -0.39 is 0 Å². The topological polar surface area (TPSA) is 32.3 Å². The van der Waals surface area contributed by atoms with Gasteiger partial charge in [-0.1, -0.05) is 37.6 Å². The summed E-state index contributed by atoms with van der Waals surface area (Å²) < 4.78 is 0. The number of hydrogen-bond acceptors (Lipinski definition) is 2. The molecule has 0 fully saturated rings. The first-order valence-electron chi connectivity index (χ1n) is 5.83. The zero-order chi connectivity index (χ0) is 12.0. The average Bonchev–Trinajstić information content (AvgIpc) is 2.32. The van der Waals surface area contributed by atoms with Gasteiger partial charge in [0.1, 0.15) is 0 Å². The average molecular weight is 242 g/mol. The van der Waals surface area contributed by atoms with E-state index in [1.807, 2.05) is 24.3 Å². The van der Waals surface area contributed by atoms with Crippen molar-refractivity contribution in [3.8, 4) is 0 Å². The summed E-state index contributed by atoms with van der Waals surface area (Å²) in [5.41, 5.74) is 1.22. The van der Waals surface area contributed by atoms with E-state index in [9.17, 15) is 5.11 Å². The van der Waals surface area contributed by atoms with Crippen LogP contribution in [0, 0.1) is 0 Å². The summed E-state index contributed by atoms with van der Waals surface area (Å²) in [6.07, 6.45) is 1.93. The molecular formula is C13H20ClNO. The van der Waals surface area contributed by atoms with Crippen LogP contribution in [0.25, 0.3) is 0 Å². The summed E-state index contributed by atoms with van der Waals surface area (Å²) in [6, 6.07) is 8.33. The predicted molar refractivity (Wildman–Crippen MR) is 68.8 cm³/mol. The largest absolute Gasteiger partial charge is 0.395 e. The maximum absolute atomic E-state index is 9.18. The fraction of sp³-hybridized carbons (Fsp3) is 0.538. The molecule has 2 atom stereocenters. The standard InChI is InChI=1S/C13H20ClNO/c1-3-12(9-16)15-13(4-2)10-5-7-11(14)8-6-10/h5-8,12-13,15-16H,3-4,9H2,1-2H3/t12-,13?/m0/s1. The molecule has 1 aromatic rings. The molecule has 2 N–H and O–H groups in total. The van der Waals surface area contributed by atoms with Crippen LogP contribution in [0.15, 0.2) is 24.3 Å². The summed E-state index contributed by atoms with van der Waals surface area (Å²) >= 11 is 5.86. The summed E-state index contributed by atoms with van der Waals surface area (Å²) in [4.78, 5) is 0. The molecule has 0 radical (unpaired) electrons. The second kappa shape index (κ2) is 6.89. The predicted octanol–water partition coefficient (Wildman–Crippen LogP) is 3.15. The van der Waals surface area contributed by atoms with Crippen LogP contribution in [0.4, 0.5) is 0 Å². The second-order valence-electron chi connectivity index (χ2n) is 3.97. The molecule has 16 heavy (non-hydrogen) atoms. The van der Waals surface area contributed by atoms with E-state index in [0.29, 0.717) is 0 Å². The lowest BCUT2D eigenvalue weighted by atomic mass is 10.0. The summed E-state index contributed by atoms with van der Waals surface area (Å²) in [7, 11) is 0. The third-order valence-electron chi connectivity index (χ3n) is 2.83. The van der Waals surface area contributed by atoms with Crippen LogP contribution in [-0.2, 0) is 0 Å². The number of nitrogens with one attached hydrogen (secondary N) is 1. The minimum Gasteiger partial charge on any atom is -0.395 e. The first-order chi connectivity index (χ1) is 7.71. The van der Waals surface area contributed by atoms with Gasteiger partial charge in [-0.25, -0.2) is 0 Å². The number of hydrogen-bond donors (Lipinski definition) is 2. The Hall–Kier alpha value is -0.570. The molecule has 1 rings (SSSR count). The molecule has 0 aromatic heterocycles. The Morgan fingerprint density at radius 3 is 2.25 bits per heavy atom. The maximum Gasteiger partial charge on any atom is 0.0584 e. The smallest absolute Gasteiger partial charge is 0.0584 e. The lowest BCUT2D eigenvalue weighted by Crippen LogP contribution is -2.34. The Kier molecular flexibility index (Phi) is 5.81. The lowest BCUT2D eigenvalue weighted by molar-refractivity contribution is 0.226. The minimum absolute atomic E-state index is 0.167. The molecule has 1 unspecified atom stereocenters. The van der Waals surface area contributed by atoms with Gasteiger partial charge in [-0.2, -0.15) is 0 Å². The number of rotatable bonds is 6. The highest BCUT2D eigenvalue weighted by Gasteiger charge is 2.13.